The summed E-state index contributed by atoms with van der Waals surface area (Å²) in [4.78, 5) is 37.5. The van der Waals surface area contributed by atoms with Crippen LogP contribution in [0, 0.1) is 0 Å². The molecule has 6 nitrogen and oxygen atoms in total. The molecule has 136 valence electrons. The second kappa shape index (κ2) is 9.48. The number of carbonyl (C=O) groups is 3. The molecule has 0 heterocycles. The van der Waals surface area contributed by atoms with Crippen LogP contribution >= 0.6 is 0 Å². The maximum Gasteiger partial charge on any atom is 0.317 e. The van der Waals surface area contributed by atoms with Crippen molar-refractivity contribution in [1.82, 2.24) is 4.90 Å². The molecule has 1 amide bonds. The van der Waals surface area contributed by atoms with E-state index in [-0.39, 0.29) is 24.8 Å². The Bertz CT molecular complexity index is 774. The number of aliphatic carboxylic acids is 1. The van der Waals surface area contributed by atoms with E-state index in [4.69, 9.17) is 5.11 Å². The Morgan fingerprint density at radius 3 is 2.27 bits per heavy atom. The van der Waals surface area contributed by atoms with Crippen molar-refractivity contribution in [2.24, 2.45) is 0 Å². The molecule has 0 spiro atoms. The van der Waals surface area contributed by atoms with E-state index in [2.05, 4.69) is 5.32 Å². The number of anilines is 1. The Hall–Kier alpha value is -2.99. The van der Waals surface area contributed by atoms with Crippen LogP contribution in [-0.4, -0.2) is 47.3 Å². The van der Waals surface area contributed by atoms with Gasteiger partial charge in [-0.25, -0.2) is 0 Å². The number of hydrogen-bond donors (Lipinski definition) is 2. The molecule has 0 aliphatic rings. The van der Waals surface area contributed by atoms with Gasteiger partial charge < -0.3 is 10.4 Å². The molecule has 0 saturated carbocycles. The van der Waals surface area contributed by atoms with Gasteiger partial charge in [0.25, 0.3) is 0 Å². The molecular formula is C20H22N2O4. The predicted molar refractivity (Wildman–Crippen MR) is 99.3 cm³/mol. The molecule has 0 saturated heterocycles. The Morgan fingerprint density at radius 1 is 0.962 bits per heavy atom. The van der Waals surface area contributed by atoms with Crippen molar-refractivity contribution in [3.8, 4) is 0 Å². The van der Waals surface area contributed by atoms with Gasteiger partial charge in [-0.15, -0.1) is 0 Å². The van der Waals surface area contributed by atoms with Gasteiger partial charge in [0.15, 0.2) is 5.78 Å². The van der Waals surface area contributed by atoms with Crippen LogP contribution in [0.15, 0.2) is 54.6 Å². The molecular weight excluding hydrogens is 332 g/mol. The van der Waals surface area contributed by atoms with Crippen molar-refractivity contribution >= 4 is 23.3 Å². The Balaban J connectivity index is 2.13. The van der Waals surface area contributed by atoms with Crippen molar-refractivity contribution in [1.29, 1.82) is 0 Å². The van der Waals surface area contributed by atoms with Gasteiger partial charge in [0.2, 0.25) is 5.91 Å². The van der Waals surface area contributed by atoms with Crippen molar-refractivity contribution in [3.63, 3.8) is 0 Å². The lowest BCUT2D eigenvalue weighted by Gasteiger charge is -2.19. The fraction of sp³-hybridized carbons (Fsp3) is 0.250. The van der Waals surface area contributed by atoms with Crippen LogP contribution in [-0.2, 0) is 9.59 Å². The predicted octanol–water partition coefficient (Wildman–Crippen LogP) is 2.65. The van der Waals surface area contributed by atoms with Gasteiger partial charge >= 0.3 is 5.97 Å². The fourth-order valence-corrected chi connectivity index (χ4v) is 2.65. The Kier molecular flexibility index (Phi) is 7.05. The molecule has 2 N–H and O–H groups in total. The van der Waals surface area contributed by atoms with Gasteiger partial charge in [0, 0.05) is 11.1 Å². The zero-order valence-electron chi connectivity index (χ0n) is 14.6. The van der Waals surface area contributed by atoms with Crippen LogP contribution in [0.25, 0.3) is 0 Å². The summed E-state index contributed by atoms with van der Waals surface area (Å²) in [5.41, 5.74) is 1.35. The van der Waals surface area contributed by atoms with E-state index in [0.717, 1.165) is 6.42 Å². The van der Waals surface area contributed by atoms with E-state index in [9.17, 15) is 14.4 Å². The van der Waals surface area contributed by atoms with E-state index in [0.29, 0.717) is 23.4 Å². The van der Waals surface area contributed by atoms with E-state index < -0.39 is 5.97 Å². The number of ketones is 1. The zero-order chi connectivity index (χ0) is 18.9. The molecule has 2 aromatic rings. The number of amides is 1. The van der Waals surface area contributed by atoms with Crippen molar-refractivity contribution < 1.29 is 19.5 Å². The lowest BCUT2D eigenvalue weighted by atomic mass is 10.0. The molecule has 0 unspecified atom stereocenters. The first-order chi connectivity index (χ1) is 12.5. The van der Waals surface area contributed by atoms with Gasteiger partial charge in [-0.1, -0.05) is 49.4 Å². The minimum atomic E-state index is -0.981. The summed E-state index contributed by atoms with van der Waals surface area (Å²) in [7, 11) is 0. The van der Waals surface area contributed by atoms with Crippen LogP contribution in [0.2, 0.25) is 0 Å². The molecule has 0 aliphatic heterocycles. The van der Waals surface area contributed by atoms with Crippen LogP contribution < -0.4 is 5.32 Å². The molecule has 2 rings (SSSR count). The van der Waals surface area contributed by atoms with Crippen LogP contribution in [0.5, 0.6) is 0 Å². The van der Waals surface area contributed by atoms with E-state index in [1.165, 1.54) is 0 Å². The Labute approximate surface area is 152 Å². The molecule has 0 radical (unpaired) electrons. The van der Waals surface area contributed by atoms with Crippen LogP contribution in [0.4, 0.5) is 5.69 Å². The topological polar surface area (TPSA) is 86.7 Å². The number of para-hydroxylation sites is 1. The summed E-state index contributed by atoms with van der Waals surface area (Å²) in [6.07, 6.45) is 0.740. The minimum Gasteiger partial charge on any atom is -0.480 e. The van der Waals surface area contributed by atoms with E-state index in [1.807, 2.05) is 13.0 Å². The summed E-state index contributed by atoms with van der Waals surface area (Å²) < 4.78 is 0. The molecule has 6 heteroatoms. The number of carboxylic acid groups (broad SMARTS) is 1. The third-order valence-corrected chi connectivity index (χ3v) is 3.75. The molecule has 0 atom stereocenters. The van der Waals surface area contributed by atoms with E-state index >= 15 is 0 Å². The number of nitrogens with one attached hydrogen (secondary N) is 1. The van der Waals surface area contributed by atoms with Gasteiger partial charge in [0.05, 0.1) is 18.8 Å². The second-order valence-electron chi connectivity index (χ2n) is 5.89. The van der Waals surface area contributed by atoms with E-state index in [1.54, 1.807) is 53.4 Å². The summed E-state index contributed by atoms with van der Waals surface area (Å²) >= 11 is 0. The summed E-state index contributed by atoms with van der Waals surface area (Å²) in [5, 5.41) is 11.7. The van der Waals surface area contributed by atoms with Crippen LogP contribution in [0.1, 0.15) is 29.3 Å². The number of carboxylic acids is 1. The van der Waals surface area contributed by atoms with Gasteiger partial charge in [0.1, 0.15) is 0 Å². The maximum absolute atomic E-state index is 12.7. The van der Waals surface area contributed by atoms with Crippen molar-refractivity contribution in [2.45, 2.75) is 13.3 Å². The lowest BCUT2D eigenvalue weighted by molar-refractivity contribution is -0.138. The largest absolute Gasteiger partial charge is 0.480 e. The number of hydrogen-bond acceptors (Lipinski definition) is 4. The monoisotopic (exact) mass is 354 g/mol. The molecule has 0 aromatic heterocycles. The Morgan fingerprint density at radius 2 is 1.62 bits per heavy atom. The number of benzene rings is 2. The highest BCUT2D eigenvalue weighted by atomic mass is 16.4. The molecule has 0 fully saturated rings. The normalized spacial score (nSPS) is 10.5. The smallest absolute Gasteiger partial charge is 0.317 e. The third kappa shape index (κ3) is 5.53. The summed E-state index contributed by atoms with van der Waals surface area (Å²) in [6, 6.07) is 15.6. The van der Waals surface area contributed by atoms with Gasteiger partial charge in [-0.05, 0) is 25.1 Å². The fourth-order valence-electron chi connectivity index (χ4n) is 2.65. The van der Waals surface area contributed by atoms with Gasteiger partial charge in [-0.2, -0.15) is 0 Å². The highest BCUT2D eigenvalue weighted by Crippen LogP contribution is 2.19. The van der Waals surface area contributed by atoms with Gasteiger partial charge in [-0.3, -0.25) is 19.3 Å². The molecule has 26 heavy (non-hydrogen) atoms. The summed E-state index contributed by atoms with van der Waals surface area (Å²) in [5.74, 6) is -1.52. The highest BCUT2D eigenvalue weighted by Gasteiger charge is 2.17. The zero-order valence-corrected chi connectivity index (χ0v) is 14.6. The maximum atomic E-state index is 12.7. The number of nitrogens with zero attached hydrogens (tertiary/aromatic N) is 1. The standard InChI is InChI=1S/C20H22N2O4/c1-2-12-22(14-19(24)25)13-18(23)21-17-11-7-6-10-16(17)20(26)15-8-4-3-5-9-15/h3-11H,2,12-14H2,1H3,(H,21,23)(H,24,25). The molecule has 2 aromatic carbocycles. The number of rotatable bonds is 9. The van der Waals surface area contributed by atoms with Crippen molar-refractivity contribution in [2.75, 3.05) is 25.0 Å². The highest BCUT2D eigenvalue weighted by molar-refractivity contribution is 6.13. The second-order valence-corrected chi connectivity index (χ2v) is 5.89. The lowest BCUT2D eigenvalue weighted by Crippen LogP contribution is -2.37. The molecule has 0 bridgehead atoms. The quantitative estimate of drug-likeness (QED) is 0.676. The summed E-state index contributed by atoms with van der Waals surface area (Å²) in [6.45, 7) is 2.17. The first-order valence-corrected chi connectivity index (χ1v) is 8.44. The molecule has 0 aliphatic carbocycles. The SMILES string of the molecule is CCCN(CC(=O)O)CC(=O)Nc1ccccc1C(=O)c1ccccc1. The average Bonchev–Trinajstić information content (AvgIpc) is 2.62. The first-order valence-electron chi connectivity index (χ1n) is 8.44. The minimum absolute atomic E-state index is 0.0476. The third-order valence-electron chi connectivity index (χ3n) is 3.75. The number of carbonyl (C=O) groups excluding carboxylic acids is 2. The van der Waals surface area contributed by atoms with Crippen molar-refractivity contribution in [3.05, 3.63) is 65.7 Å². The first kappa shape index (κ1) is 19.3. The van der Waals surface area contributed by atoms with Crippen LogP contribution in [0.3, 0.4) is 0 Å². The average molecular weight is 354 g/mol.